The van der Waals surface area contributed by atoms with Gasteiger partial charge in [-0.05, 0) is 6.42 Å². The van der Waals surface area contributed by atoms with Gasteiger partial charge in [0.2, 0.25) is 0 Å². The van der Waals surface area contributed by atoms with Gasteiger partial charge >= 0.3 is 5.97 Å². The minimum absolute atomic E-state index is 0.311. The summed E-state index contributed by atoms with van der Waals surface area (Å²) in [5.41, 5.74) is 0.446. The van der Waals surface area contributed by atoms with E-state index < -0.39 is 0 Å². The molecule has 0 aliphatic carbocycles. The Balaban J connectivity index is 2.34. The Morgan fingerprint density at radius 2 is 2.14 bits per heavy atom. The molecule has 4 nitrogen and oxygen atoms in total. The highest BCUT2D eigenvalue weighted by Crippen LogP contribution is 2.07. The average Bonchev–Trinajstić information content (AvgIpc) is 2.26. The number of ether oxygens (including phenoxy) is 2. The van der Waals surface area contributed by atoms with Crippen LogP contribution in [0, 0.1) is 0 Å². The molecule has 0 unspecified atom stereocenters. The molecule has 0 aromatic heterocycles. The van der Waals surface area contributed by atoms with Crippen molar-refractivity contribution in [1.82, 2.24) is 4.90 Å². The van der Waals surface area contributed by atoms with Gasteiger partial charge in [-0.1, -0.05) is 13.5 Å². The van der Waals surface area contributed by atoms with Crippen molar-refractivity contribution in [2.45, 2.75) is 13.3 Å². The van der Waals surface area contributed by atoms with E-state index in [9.17, 15) is 4.79 Å². The molecule has 80 valence electrons. The van der Waals surface area contributed by atoms with Crippen molar-refractivity contribution >= 4 is 5.97 Å². The molecule has 0 radical (unpaired) electrons. The molecule has 0 saturated carbocycles. The Labute approximate surface area is 84.5 Å². The quantitative estimate of drug-likeness (QED) is 0.495. The van der Waals surface area contributed by atoms with Crippen LogP contribution in [0.25, 0.3) is 0 Å². The summed E-state index contributed by atoms with van der Waals surface area (Å²) in [7, 11) is 0. The highest BCUT2D eigenvalue weighted by Gasteiger charge is 2.18. The second-order valence-electron chi connectivity index (χ2n) is 3.18. The molecule has 1 rings (SSSR count). The number of morpholine rings is 1. The maximum absolute atomic E-state index is 11.4. The number of hydrogen-bond donors (Lipinski definition) is 0. The van der Waals surface area contributed by atoms with E-state index >= 15 is 0 Å². The Kier molecular flexibility index (Phi) is 4.46. The van der Waals surface area contributed by atoms with Crippen LogP contribution in [0.5, 0.6) is 0 Å². The van der Waals surface area contributed by atoms with Gasteiger partial charge in [-0.25, -0.2) is 4.79 Å². The van der Waals surface area contributed by atoms with Gasteiger partial charge in [0.15, 0.2) is 0 Å². The summed E-state index contributed by atoms with van der Waals surface area (Å²) in [6.07, 6.45) is 0.835. The first kappa shape index (κ1) is 11.0. The number of carbonyl (C=O) groups excluding carboxylic acids is 1. The summed E-state index contributed by atoms with van der Waals surface area (Å²) in [6.45, 7) is 8.90. The lowest BCUT2D eigenvalue weighted by molar-refractivity contribution is -0.141. The fourth-order valence-electron chi connectivity index (χ4n) is 1.24. The molecule has 0 amide bonds. The largest absolute Gasteiger partial charge is 0.461 e. The lowest BCUT2D eigenvalue weighted by atomic mass is 10.3. The predicted molar refractivity (Wildman–Crippen MR) is 52.8 cm³/mol. The summed E-state index contributed by atoms with van der Waals surface area (Å²) < 4.78 is 10.2. The van der Waals surface area contributed by atoms with Gasteiger partial charge in [-0.2, -0.15) is 0 Å². The molecule has 1 heterocycles. The van der Waals surface area contributed by atoms with E-state index in [0.29, 0.717) is 25.5 Å². The number of carbonyl (C=O) groups is 1. The van der Waals surface area contributed by atoms with Crippen molar-refractivity contribution in [1.29, 1.82) is 0 Å². The molecule has 14 heavy (non-hydrogen) atoms. The molecular formula is C10H17NO3. The summed E-state index contributed by atoms with van der Waals surface area (Å²) in [4.78, 5) is 13.3. The van der Waals surface area contributed by atoms with Crippen LogP contribution in [0.15, 0.2) is 12.3 Å². The second-order valence-corrected chi connectivity index (χ2v) is 3.18. The predicted octanol–water partition coefficient (Wildman–Crippen LogP) is 0.785. The van der Waals surface area contributed by atoms with Gasteiger partial charge in [0.25, 0.3) is 0 Å². The van der Waals surface area contributed by atoms with E-state index in [2.05, 4.69) is 6.58 Å². The van der Waals surface area contributed by atoms with E-state index in [4.69, 9.17) is 9.47 Å². The SMILES string of the molecule is C=C(C(=O)OCCC)N1CCOCC1. The molecular weight excluding hydrogens is 182 g/mol. The van der Waals surface area contributed by atoms with Gasteiger partial charge in [-0.3, -0.25) is 0 Å². The van der Waals surface area contributed by atoms with Gasteiger partial charge in [0.1, 0.15) is 5.70 Å². The van der Waals surface area contributed by atoms with Crippen molar-refractivity contribution in [3.05, 3.63) is 12.3 Å². The van der Waals surface area contributed by atoms with E-state index in [1.54, 1.807) is 0 Å². The van der Waals surface area contributed by atoms with Crippen LogP contribution < -0.4 is 0 Å². The van der Waals surface area contributed by atoms with Crippen LogP contribution in [0.2, 0.25) is 0 Å². The van der Waals surface area contributed by atoms with Crippen molar-refractivity contribution in [2.24, 2.45) is 0 Å². The maximum atomic E-state index is 11.4. The molecule has 1 saturated heterocycles. The minimum atomic E-state index is -0.311. The third-order valence-electron chi connectivity index (χ3n) is 2.07. The highest BCUT2D eigenvalue weighted by molar-refractivity contribution is 5.87. The molecule has 0 aromatic rings. The topological polar surface area (TPSA) is 38.8 Å². The number of nitrogens with zero attached hydrogens (tertiary/aromatic N) is 1. The Morgan fingerprint density at radius 1 is 1.50 bits per heavy atom. The lowest BCUT2D eigenvalue weighted by Crippen LogP contribution is -2.38. The van der Waals surface area contributed by atoms with Gasteiger partial charge < -0.3 is 14.4 Å². The fourth-order valence-corrected chi connectivity index (χ4v) is 1.24. The standard InChI is InChI=1S/C10H17NO3/c1-3-6-14-10(12)9(2)11-4-7-13-8-5-11/h2-8H2,1H3. The molecule has 0 bridgehead atoms. The first-order valence-corrected chi connectivity index (χ1v) is 4.94. The Hall–Kier alpha value is -1.03. The summed E-state index contributed by atoms with van der Waals surface area (Å²) >= 11 is 0. The van der Waals surface area contributed by atoms with Gasteiger partial charge in [0.05, 0.1) is 19.8 Å². The zero-order chi connectivity index (χ0) is 10.4. The van der Waals surface area contributed by atoms with Gasteiger partial charge in [0, 0.05) is 13.1 Å². The van der Waals surface area contributed by atoms with Crippen molar-refractivity contribution in [2.75, 3.05) is 32.9 Å². The van der Waals surface area contributed by atoms with Crippen LogP contribution >= 0.6 is 0 Å². The highest BCUT2D eigenvalue weighted by atomic mass is 16.5. The normalized spacial score (nSPS) is 16.5. The molecule has 1 aliphatic rings. The number of rotatable bonds is 4. The molecule has 0 spiro atoms. The van der Waals surface area contributed by atoms with Crippen LogP contribution in [0.4, 0.5) is 0 Å². The molecule has 0 N–H and O–H groups in total. The zero-order valence-corrected chi connectivity index (χ0v) is 8.62. The van der Waals surface area contributed by atoms with Crippen molar-refractivity contribution < 1.29 is 14.3 Å². The van der Waals surface area contributed by atoms with E-state index in [-0.39, 0.29) is 5.97 Å². The second kappa shape index (κ2) is 5.65. The summed E-state index contributed by atoms with van der Waals surface area (Å²) in [5.74, 6) is -0.311. The molecule has 0 aromatic carbocycles. The Morgan fingerprint density at radius 3 is 2.71 bits per heavy atom. The van der Waals surface area contributed by atoms with Crippen LogP contribution in [0.3, 0.4) is 0 Å². The van der Waals surface area contributed by atoms with Crippen LogP contribution in [-0.2, 0) is 14.3 Å². The van der Waals surface area contributed by atoms with E-state index in [1.165, 1.54) is 0 Å². The molecule has 1 aliphatic heterocycles. The van der Waals surface area contributed by atoms with Crippen molar-refractivity contribution in [3.63, 3.8) is 0 Å². The average molecular weight is 199 g/mol. The maximum Gasteiger partial charge on any atom is 0.353 e. The third kappa shape index (κ3) is 3.03. The summed E-state index contributed by atoms with van der Waals surface area (Å²) in [5, 5.41) is 0. The first-order chi connectivity index (χ1) is 6.75. The molecule has 0 atom stereocenters. The third-order valence-corrected chi connectivity index (χ3v) is 2.07. The van der Waals surface area contributed by atoms with E-state index in [0.717, 1.165) is 19.5 Å². The van der Waals surface area contributed by atoms with Crippen molar-refractivity contribution in [3.8, 4) is 0 Å². The smallest absolute Gasteiger partial charge is 0.353 e. The first-order valence-electron chi connectivity index (χ1n) is 4.94. The Bertz CT molecular complexity index is 209. The van der Waals surface area contributed by atoms with Crippen LogP contribution in [-0.4, -0.2) is 43.8 Å². The summed E-state index contributed by atoms with van der Waals surface area (Å²) in [6, 6.07) is 0. The van der Waals surface area contributed by atoms with Gasteiger partial charge in [-0.15, -0.1) is 0 Å². The zero-order valence-electron chi connectivity index (χ0n) is 8.62. The number of hydrogen-bond acceptors (Lipinski definition) is 4. The lowest BCUT2D eigenvalue weighted by Gasteiger charge is -2.28. The van der Waals surface area contributed by atoms with E-state index in [1.807, 2.05) is 11.8 Å². The number of esters is 1. The molecule has 1 fully saturated rings. The minimum Gasteiger partial charge on any atom is -0.461 e. The van der Waals surface area contributed by atoms with Crippen LogP contribution in [0.1, 0.15) is 13.3 Å². The fraction of sp³-hybridized carbons (Fsp3) is 0.700. The molecule has 4 heteroatoms. The monoisotopic (exact) mass is 199 g/mol.